The second kappa shape index (κ2) is 10.2. The van der Waals surface area contributed by atoms with Crippen LogP contribution in [0.3, 0.4) is 0 Å². The molecule has 1 heterocycles. The molecule has 2 aromatic carbocycles. The first-order valence-corrected chi connectivity index (χ1v) is 12.0. The Morgan fingerprint density at radius 1 is 1.03 bits per heavy atom. The predicted octanol–water partition coefficient (Wildman–Crippen LogP) is 4.89. The summed E-state index contributed by atoms with van der Waals surface area (Å²) in [5.41, 5.74) is 2.07. The third-order valence-corrected chi connectivity index (χ3v) is 6.58. The summed E-state index contributed by atoms with van der Waals surface area (Å²) in [5, 5.41) is 0. The lowest BCUT2D eigenvalue weighted by Gasteiger charge is -2.35. The normalized spacial score (nSPS) is 19.5. The zero-order valence-corrected chi connectivity index (χ0v) is 19.5. The number of aryl methyl sites for hydroxylation is 1. The smallest absolute Gasteiger partial charge is 0.257 e. The Kier molecular flexibility index (Phi) is 7.11. The zero-order chi connectivity index (χ0) is 23.4. The van der Waals surface area contributed by atoms with Crippen molar-refractivity contribution in [2.24, 2.45) is 0 Å². The molecule has 1 aliphatic carbocycles. The fourth-order valence-electron chi connectivity index (χ4n) is 4.99. The Balaban J connectivity index is 1.65. The molecule has 1 atom stereocenters. The van der Waals surface area contributed by atoms with E-state index >= 15 is 0 Å². The van der Waals surface area contributed by atoms with Crippen LogP contribution in [0, 0.1) is 6.92 Å². The van der Waals surface area contributed by atoms with E-state index in [-0.39, 0.29) is 30.2 Å². The first kappa shape index (κ1) is 23.0. The Bertz CT molecular complexity index is 1010. The molecule has 4 rings (SSSR count). The lowest BCUT2D eigenvalue weighted by atomic mass is 10.0. The van der Waals surface area contributed by atoms with Gasteiger partial charge in [0.25, 0.3) is 11.8 Å². The summed E-state index contributed by atoms with van der Waals surface area (Å²) in [7, 11) is 0. The molecule has 0 aromatic heterocycles. The van der Waals surface area contributed by atoms with Crippen molar-refractivity contribution in [3.63, 3.8) is 0 Å². The lowest BCUT2D eigenvalue weighted by molar-refractivity contribution is -0.123. The van der Waals surface area contributed by atoms with Crippen molar-refractivity contribution < 1.29 is 19.1 Å². The second-order valence-corrected chi connectivity index (χ2v) is 8.94. The zero-order valence-electron chi connectivity index (χ0n) is 19.5. The SMILES string of the molecule is CCOc1ccc(N2C(=O)CC(N(C(=O)c3cccc(C)c3)C3CCCCCC3)C2=O)cc1. The highest BCUT2D eigenvalue weighted by atomic mass is 16.5. The highest BCUT2D eigenvalue weighted by Gasteiger charge is 2.46. The highest BCUT2D eigenvalue weighted by molar-refractivity contribution is 6.23. The van der Waals surface area contributed by atoms with Crippen molar-refractivity contribution >= 4 is 23.4 Å². The van der Waals surface area contributed by atoms with Gasteiger partial charge in [0.05, 0.1) is 18.7 Å². The number of nitrogens with zero attached hydrogens (tertiary/aromatic N) is 2. The summed E-state index contributed by atoms with van der Waals surface area (Å²) in [6.07, 6.45) is 6.06. The minimum Gasteiger partial charge on any atom is -0.494 e. The van der Waals surface area contributed by atoms with E-state index < -0.39 is 6.04 Å². The average Bonchev–Trinajstić information content (AvgIpc) is 2.97. The predicted molar refractivity (Wildman–Crippen MR) is 127 cm³/mol. The molecule has 1 unspecified atom stereocenters. The molecule has 0 spiro atoms. The number of rotatable bonds is 6. The number of anilines is 1. The first-order chi connectivity index (χ1) is 16.0. The van der Waals surface area contributed by atoms with Crippen LogP contribution in [0.1, 0.15) is 67.8 Å². The van der Waals surface area contributed by atoms with Crippen molar-refractivity contribution in [3.05, 3.63) is 59.7 Å². The van der Waals surface area contributed by atoms with Gasteiger partial charge in [-0.25, -0.2) is 4.90 Å². The van der Waals surface area contributed by atoms with E-state index in [1.54, 1.807) is 35.2 Å². The van der Waals surface area contributed by atoms with E-state index in [0.29, 0.717) is 23.6 Å². The maximum absolute atomic E-state index is 13.7. The number of hydrogen-bond donors (Lipinski definition) is 0. The molecule has 33 heavy (non-hydrogen) atoms. The number of carbonyl (C=O) groups is 3. The third-order valence-electron chi connectivity index (χ3n) is 6.58. The van der Waals surface area contributed by atoms with Crippen LogP contribution in [0.4, 0.5) is 5.69 Å². The summed E-state index contributed by atoms with van der Waals surface area (Å²) in [4.78, 5) is 43.3. The van der Waals surface area contributed by atoms with Crippen LogP contribution in [0.5, 0.6) is 5.75 Å². The molecule has 2 aliphatic rings. The van der Waals surface area contributed by atoms with E-state index in [0.717, 1.165) is 44.1 Å². The van der Waals surface area contributed by atoms with Gasteiger partial charge in [0.15, 0.2) is 0 Å². The van der Waals surface area contributed by atoms with Gasteiger partial charge in [0.2, 0.25) is 5.91 Å². The Morgan fingerprint density at radius 3 is 2.36 bits per heavy atom. The molecule has 0 radical (unpaired) electrons. The fourth-order valence-corrected chi connectivity index (χ4v) is 4.99. The van der Waals surface area contributed by atoms with Crippen molar-refractivity contribution in [1.82, 2.24) is 4.90 Å². The Morgan fingerprint density at radius 2 is 1.73 bits per heavy atom. The molecule has 2 aromatic rings. The molecule has 6 nitrogen and oxygen atoms in total. The van der Waals surface area contributed by atoms with Gasteiger partial charge in [-0.2, -0.15) is 0 Å². The van der Waals surface area contributed by atoms with Gasteiger partial charge in [-0.05, 0) is 63.1 Å². The summed E-state index contributed by atoms with van der Waals surface area (Å²) in [6, 6.07) is 13.6. The second-order valence-electron chi connectivity index (χ2n) is 8.94. The molecular weight excluding hydrogens is 416 g/mol. The molecule has 2 fully saturated rings. The number of imide groups is 1. The number of carbonyl (C=O) groups excluding carboxylic acids is 3. The van der Waals surface area contributed by atoms with Crippen LogP contribution in [0.2, 0.25) is 0 Å². The average molecular weight is 449 g/mol. The van der Waals surface area contributed by atoms with Gasteiger partial charge in [-0.3, -0.25) is 14.4 Å². The van der Waals surface area contributed by atoms with Crippen LogP contribution < -0.4 is 9.64 Å². The van der Waals surface area contributed by atoms with Crippen molar-refractivity contribution in [2.75, 3.05) is 11.5 Å². The molecule has 3 amide bonds. The van der Waals surface area contributed by atoms with E-state index in [1.807, 2.05) is 32.0 Å². The minimum atomic E-state index is -0.778. The van der Waals surface area contributed by atoms with Gasteiger partial charge in [-0.15, -0.1) is 0 Å². The van der Waals surface area contributed by atoms with Crippen LogP contribution in [0.15, 0.2) is 48.5 Å². The number of amides is 3. The van der Waals surface area contributed by atoms with Crippen LogP contribution in [0.25, 0.3) is 0 Å². The Labute approximate surface area is 195 Å². The van der Waals surface area contributed by atoms with Crippen molar-refractivity contribution in [3.8, 4) is 5.75 Å². The summed E-state index contributed by atoms with van der Waals surface area (Å²) < 4.78 is 5.48. The van der Waals surface area contributed by atoms with Crippen LogP contribution in [-0.4, -0.2) is 41.3 Å². The highest BCUT2D eigenvalue weighted by Crippen LogP contribution is 2.32. The molecule has 0 bridgehead atoms. The van der Waals surface area contributed by atoms with Crippen molar-refractivity contribution in [1.29, 1.82) is 0 Å². The topological polar surface area (TPSA) is 66.9 Å². The first-order valence-electron chi connectivity index (χ1n) is 12.0. The van der Waals surface area contributed by atoms with Gasteiger partial charge in [-0.1, -0.05) is 43.4 Å². The summed E-state index contributed by atoms with van der Waals surface area (Å²) >= 11 is 0. The van der Waals surface area contributed by atoms with Crippen LogP contribution in [-0.2, 0) is 9.59 Å². The molecular formula is C27H32N2O4. The molecule has 1 aliphatic heterocycles. The maximum Gasteiger partial charge on any atom is 0.257 e. The Hall–Kier alpha value is -3.15. The number of benzene rings is 2. The van der Waals surface area contributed by atoms with Gasteiger partial charge < -0.3 is 9.64 Å². The largest absolute Gasteiger partial charge is 0.494 e. The number of hydrogen-bond acceptors (Lipinski definition) is 4. The summed E-state index contributed by atoms with van der Waals surface area (Å²) in [5.74, 6) is -0.0730. The maximum atomic E-state index is 13.7. The van der Waals surface area contributed by atoms with E-state index in [4.69, 9.17) is 4.74 Å². The molecule has 6 heteroatoms. The van der Waals surface area contributed by atoms with E-state index in [9.17, 15) is 14.4 Å². The van der Waals surface area contributed by atoms with Gasteiger partial charge in [0.1, 0.15) is 11.8 Å². The standard InChI is InChI=1S/C27H32N2O4/c1-3-33-23-15-13-22(14-16-23)29-25(30)18-24(27(29)32)28(21-11-6-4-5-7-12-21)26(31)20-10-8-9-19(2)17-20/h8-10,13-17,21,24H,3-7,11-12,18H2,1-2H3. The molecule has 0 N–H and O–H groups in total. The molecule has 174 valence electrons. The quantitative estimate of drug-likeness (QED) is 0.466. The minimum absolute atomic E-state index is 0.0140. The van der Waals surface area contributed by atoms with Gasteiger partial charge >= 0.3 is 0 Å². The van der Waals surface area contributed by atoms with Crippen molar-refractivity contribution in [2.45, 2.75) is 70.9 Å². The van der Waals surface area contributed by atoms with E-state index in [2.05, 4.69) is 0 Å². The lowest BCUT2D eigenvalue weighted by Crippen LogP contribution is -2.50. The molecule has 1 saturated carbocycles. The monoisotopic (exact) mass is 448 g/mol. The third kappa shape index (κ3) is 4.95. The molecule has 1 saturated heterocycles. The van der Waals surface area contributed by atoms with Crippen LogP contribution >= 0.6 is 0 Å². The van der Waals surface area contributed by atoms with Gasteiger partial charge in [0, 0.05) is 11.6 Å². The fraction of sp³-hybridized carbons (Fsp3) is 0.444. The number of ether oxygens (including phenoxy) is 1. The van der Waals surface area contributed by atoms with E-state index in [1.165, 1.54) is 4.90 Å². The summed E-state index contributed by atoms with van der Waals surface area (Å²) in [6.45, 7) is 4.39.